The summed E-state index contributed by atoms with van der Waals surface area (Å²) < 4.78 is 5.02. The van der Waals surface area contributed by atoms with Gasteiger partial charge in [0.2, 0.25) is 0 Å². The molecule has 0 aliphatic rings. The molecule has 0 aliphatic heterocycles. The first-order chi connectivity index (χ1) is 6.18. The van der Waals surface area contributed by atoms with Crippen molar-refractivity contribution >= 4 is 15.8 Å². The third kappa shape index (κ3) is 8.72. The molecule has 0 N–H and O–H groups in total. The van der Waals surface area contributed by atoms with E-state index in [2.05, 4.69) is 19.6 Å². The van der Waals surface area contributed by atoms with Crippen LogP contribution in [0.4, 0.5) is 0 Å². The molecule has 3 heteroatoms. The Bertz CT molecular complexity index is 151. The van der Waals surface area contributed by atoms with E-state index in [1.807, 2.05) is 0 Å². The zero-order chi connectivity index (χ0) is 10.1. The normalized spacial score (nSPS) is 10.2. The van der Waals surface area contributed by atoms with E-state index in [1.165, 1.54) is 25.7 Å². The van der Waals surface area contributed by atoms with Gasteiger partial charge in [0.1, 0.15) is 0 Å². The Morgan fingerprint density at radius 3 is 2.08 bits per heavy atom. The Morgan fingerprint density at radius 1 is 0.923 bits per heavy atom. The van der Waals surface area contributed by atoms with Gasteiger partial charge in [-0.05, 0) is 28.2 Å². The molecule has 0 aromatic heterocycles. The summed E-state index contributed by atoms with van der Waals surface area (Å²) in [5, 5.41) is 0. The van der Waals surface area contributed by atoms with Gasteiger partial charge in [0, 0.05) is 13.7 Å². The molecule has 0 unspecified atom stereocenters. The zero-order valence-electron chi connectivity index (χ0n) is 9.65. The summed E-state index contributed by atoms with van der Waals surface area (Å²) in [6.07, 6.45) is 5.49. The van der Waals surface area contributed by atoms with Gasteiger partial charge < -0.3 is 4.74 Å². The SMILES string of the molecule is COCCCCCC[Si](C)=[Si](C)C. The Kier molecular flexibility index (Phi) is 9.24. The van der Waals surface area contributed by atoms with Crippen molar-refractivity contribution in [3.8, 4) is 0 Å². The first kappa shape index (κ1) is 13.4. The van der Waals surface area contributed by atoms with E-state index in [0.717, 1.165) is 6.61 Å². The van der Waals surface area contributed by atoms with Crippen molar-refractivity contribution in [3.63, 3.8) is 0 Å². The lowest BCUT2D eigenvalue weighted by atomic mass is 10.2. The van der Waals surface area contributed by atoms with Crippen LogP contribution < -0.4 is 0 Å². The van der Waals surface area contributed by atoms with Crippen LogP contribution in [0.5, 0.6) is 0 Å². The van der Waals surface area contributed by atoms with Gasteiger partial charge in [-0.15, -0.1) is 0 Å². The van der Waals surface area contributed by atoms with Gasteiger partial charge in [-0.2, -0.15) is 0 Å². The lowest BCUT2D eigenvalue weighted by Gasteiger charge is -2.02. The van der Waals surface area contributed by atoms with Crippen LogP contribution >= 0.6 is 0 Å². The van der Waals surface area contributed by atoms with Crippen LogP contribution in [0.15, 0.2) is 0 Å². The van der Waals surface area contributed by atoms with Gasteiger partial charge in [-0.25, -0.2) is 0 Å². The summed E-state index contributed by atoms with van der Waals surface area (Å²) in [5.74, 6) is 0. The molecular weight excluding hydrogens is 192 g/mol. The first-order valence-corrected chi connectivity index (χ1v) is 11.0. The van der Waals surface area contributed by atoms with E-state index >= 15 is 0 Å². The Labute approximate surface area is 86.0 Å². The minimum absolute atomic E-state index is 0.0678. The quantitative estimate of drug-likeness (QED) is 0.469. The van der Waals surface area contributed by atoms with Crippen LogP contribution in [0, 0.1) is 0 Å². The Balaban J connectivity index is 3.22. The molecular formula is C10H24OSi2. The maximum absolute atomic E-state index is 5.02. The van der Waals surface area contributed by atoms with E-state index in [0.29, 0.717) is 0 Å². The van der Waals surface area contributed by atoms with Crippen molar-refractivity contribution in [2.24, 2.45) is 0 Å². The molecule has 0 aliphatic carbocycles. The fraction of sp³-hybridized carbons (Fsp3) is 1.00. The van der Waals surface area contributed by atoms with E-state index in [4.69, 9.17) is 4.74 Å². The third-order valence-electron chi connectivity index (χ3n) is 2.50. The number of unbranched alkanes of at least 4 members (excludes halogenated alkanes) is 3. The average molecular weight is 216 g/mol. The third-order valence-corrected chi connectivity index (χ3v) is 11.2. The molecule has 0 aromatic rings. The molecule has 0 atom stereocenters. The molecule has 0 rings (SSSR count). The van der Waals surface area contributed by atoms with Crippen molar-refractivity contribution in [3.05, 3.63) is 0 Å². The lowest BCUT2D eigenvalue weighted by molar-refractivity contribution is 0.192. The lowest BCUT2D eigenvalue weighted by Crippen LogP contribution is -2.06. The van der Waals surface area contributed by atoms with Crippen LogP contribution in [0.2, 0.25) is 25.7 Å². The highest BCUT2D eigenvalue weighted by Gasteiger charge is 1.94. The molecule has 78 valence electrons. The summed E-state index contributed by atoms with van der Waals surface area (Å²) in [4.78, 5) is 0. The van der Waals surface area contributed by atoms with Crippen LogP contribution in [-0.4, -0.2) is 29.5 Å². The van der Waals surface area contributed by atoms with Gasteiger partial charge in [0.25, 0.3) is 0 Å². The number of methoxy groups -OCH3 is 1. The van der Waals surface area contributed by atoms with Gasteiger partial charge in [-0.3, -0.25) is 0 Å². The van der Waals surface area contributed by atoms with Gasteiger partial charge in [-0.1, -0.05) is 38.9 Å². The smallest absolute Gasteiger partial charge is 0.0462 e. The predicted octanol–water partition coefficient (Wildman–Crippen LogP) is 3.15. The van der Waals surface area contributed by atoms with Crippen molar-refractivity contribution in [2.75, 3.05) is 13.7 Å². The summed E-state index contributed by atoms with van der Waals surface area (Å²) in [6, 6.07) is 1.54. The van der Waals surface area contributed by atoms with Crippen LogP contribution in [-0.2, 0) is 4.74 Å². The molecule has 0 spiro atoms. The van der Waals surface area contributed by atoms with Crippen molar-refractivity contribution < 1.29 is 4.74 Å². The summed E-state index contributed by atoms with van der Waals surface area (Å²) in [6.45, 7) is 8.38. The minimum Gasteiger partial charge on any atom is -0.385 e. The topological polar surface area (TPSA) is 9.23 Å². The molecule has 0 radical (unpaired) electrons. The summed E-state index contributed by atoms with van der Waals surface area (Å²) >= 11 is 0. The van der Waals surface area contributed by atoms with Crippen molar-refractivity contribution in [1.82, 2.24) is 0 Å². The minimum atomic E-state index is 0.0678. The van der Waals surface area contributed by atoms with Gasteiger partial charge >= 0.3 is 0 Å². The van der Waals surface area contributed by atoms with Crippen LogP contribution in [0.3, 0.4) is 0 Å². The van der Waals surface area contributed by atoms with E-state index in [9.17, 15) is 0 Å². The maximum Gasteiger partial charge on any atom is 0.0462 e. The van der Waals surface area contributed by atoms with Crippen LogP contribution in [0.1, 0.15) is 25.7 Å². The number of rotatable bonds is 7. The number of hydrogen-bond donors (Lipinski definition) is 0. The second-order valence-corrected chi connectivity index (χ2v) is 13.6. The Morgan fingerprint density at radius 2 is 1.54 bits per heavy atom. The fourth-order valence-corrected chi connectivity index (χ4v) is 4.55. The molecule has 0 saturated carbocycles. The Hall–Kier alpha value is 0.394. The highest BCUT2D eigenvalue weighted by molar-refractivity contribution is 6.94. The second-order valence-electron chi connectivity index (χ2n) is 3.94. The molecule has 0 heterocycles. The molecule has 0 amide bonds. The second kappa shape index (κ2) is 8.97. The van der Waals surface area contributed by atoms with Gasteiger partial charge in [0.15, 0.2) is 0 Å². The molecule has 0 aromatic carbocycles. The molecule has 0 bridgehead atoms. The number of ether oxygens (including phenoxy) is 1. The van der Waals surface area contributed by atoms with E-state index in [1.54, 1.807) is 13.2 Å². The largest absolute Gasteiger partial charge is 0.385 e. The number of hydrogen-bond acceptors (Lipinski definition) is 1. The highest BCUT2D eigenvalue weighted by atomic mass is 28.9. The van der Waals surface area contributed by atoms with E-state index in [-0.39, 0.29) is 15.8 Å². The average Bonchev–Trinajstić information content (AvgIpc) is 2.10. The predicted molar refractivity (Wildman–Crippen MR) is 64.3 cm³/mol. The molecule has 0 fully saturated rings. The van der Waals surface area contributed by atoms with Crippen molar-refractivity contribution in [1.29, 1.82) is 0 Å². The first-order valence-electron chi connectivity index (χ1n) is 5.30. The molecule has 13 heavy (non-hydrogen) atoms. The van der Waals surface area contributed by atoms with Crippen LogP contribution in [0.25, 0.3) is 0 Å². The highest BCUT2D eigenvalue weighted by Crippen LogP contribution is 2.04. The van der Waals surface area contributed by atoms with E-state index < -0.39 is 0 Å². The standard InChI is InChI=1S/C10H24OSi2/c1-11-9-7-5-6-8-10-13(4)12(2)3/h5-10H2,1-4H3. The summed E-state index contributed by atoms with van der Waals surface area (Å²) in [5.41, 5.74) is 0. The van der Waals surface area contributed by atoms with Crippen molar-refractivity contribution in [2.45, 2.75) is 51.4 Å². The monoisotopic (exact) mass is 216 g/mol. The molecule has 0 saturated heterocycles. The van der Waals surface area contributed by atoms with Gasteiger partial charge in [0.05, 0.1) is 0 Å². The zero-order valence-corrected chi connectivity index (χ0v) is 11.7. The fourth-order valence-electron chi connectivity index (χ4n) is 1.24. The maximum atomic E-state index is 5.02. The molecule has 1 nitrogen and oxygen atoms in total. The summed E-state index contributed by atoms with van der Waals surface area (Å²) in [7, 11) is 1.93.